The molecule has 2 aromatic heterocycles. The van der Waals surface area contributed by atoms with E-state index in [9.17, 15) is 0 Å². The van der Waals surface area contributed by atoms with Gasteiger partial charge in [0, 0.05) is 17.9 Å². The van der Waals surface area contributed by atoms with Gasteiger partial charge in [-0.2, -0.15) is 0 Å². The molecule has 0 aliphatic rings. The Labute approximate surface area is 111 Å². The molecule has 0 radical (unpaired) electrons. The number of aromatic nitrogens is 2. The van der Waals surface area contributed by atoms with Crippen molar-refractivity contribution in [2.75, 3.05) is 7.11 Å². The van der Waals surface area contributed by atoms with Gasteiger partial charge in [0.05, 0.1) is 6.20 Å². The van der Waals surface area contributed by atoms with Crippen LogP contribution >= 0.6 is 0 Å². The van der Waals surface area contributed by atoms with Crippen molar-refractivity contribution < 1.29 is 9.25 Å². The molecule has 0 aliphatic carbocycles. The maximum absolute atomic E-state index is 4.47. The summed E-state index contributed by atoms with van der Waals surface area (Å²) in [5.74, 6) is 0. The molecule has 0 amide bonds. The van der Waals surface area contributed by atoms with Gasteiger partial charge in [-0.15, -0.1) is 5.16 Å². The molecule has 3 rings (SSSR count). The van der Waals surface area contributed by atoms with Crippen molar-refractivity contribution >= 4 is 17.1 Å². The lowest BCUT2D eigenvalue weighted by Crippen LogP contribution is -1.63. The summed E-state index contributed by atoms with van der Waals surface area (Å²) in [4.78, 5) is 10.9. The van der Waals surface area contributed by atoms with Gasteiger partial charge in [-0.25, -0.2) is 4.98 Å². The highest BCUT2D eigenvalue weighted by molar-refractivity contribution is 5.78. The van der Waals surface area contributed by atoms with Gasteiger partial charge in [0.15, 0.2) is 6.39 Å². The molecule has 100 valence electrons. The standard InChI is InChI=1S/C8H7N.C3H3NO.C3H7NO/c1-2-4-8-7(3-1)5-6-9-8;1-2-5-3-4-1;1-3-4-5-2/h1-6,9H;1-3H;3H,1-2H3/b;;4-3-. The number of rotatable bonds is 1. The maximum Gasteiger partial charge on any atom is 0.180 e. The van der Waals surface area contributed by atoms with Crippen molar-refractivity contribution in [2.45, 2.75) is 6.92 Å². The Kier molecular flexibility index (Phi) is 7.23. The second-order valence-electron chi connectivity index (χ2n) is 3.29. The van der Waals surface area contributed by atoms with E-state index >= 15 is 0 Å². The largest absolute Gasteiger partial charge is 0.452 e. The van der Waals surface area contributed by atoms with Gasteiger partial charge in [-0.3, -0.25) is 0 Å². The lowest BCUT2D eigenvalue weighted by atomic mass is 10.3. The van der Waals surface area contributed by atoms with Crippen molar-refractivity contribution in [3.05, 3.63) is 55.4 Å². The summed E-state index contributed by atoms with van der Waals surface area (Å²) in [6.45, 7) is 1.80. The van der Waals surface area contributed by atoms with E-state index in [1.807, 2.05) is 18.3 Å². The van der Waals surface area contributed by atoms with Gasteiger partial charge in [0.25, 0.3) is 0 Å². The molecular weight excluding hydrogens is 242 g/mol. The number of oxazole rings is 1. The second-order valence-corrected chi connectivity index (χ2v) is 3.29. The molecular formula is C14H17N3O2. The molecule has 0 aliphatic heterocycles. The van der Waals surface area contributed by atoms with Crippen LogP contribution in [0, 0.1) is 0 Å². The van der Waals surface area contributed by atoms with Crippen LogP contribution < -0.4 is 0 Å². The SMILES string of the molecule is C/C=N\OC.c1ccc2[nH]ccc2c1.c1cocn1. The maximum atomic E-state index is 4.47. The number of hydrogen-bond donors (Lipinski definition) is 1. The lowest BCUT2D eigenvalue weighted by molar-refractivity contribution is 0.215. The van der Waals surface area contributed by atoms with E-state index in [2.05, 4.69) is 42.6 Å². The molecule has 0 unspecified atom stereocenters. The zero-order chi connectivity index (χ0) is 13.8. The van der Waals surface area contributed by atoms with E-state index in [0.29, 0.717) is 0 Å². The molecule has 0 spiro atoms. The molecule has 5 nitrogen and oxygen atoms in total. The van der Waals surface area contributed by atoms with Crippen LogP contribution in [0.3, 0.4) is 0 Å². The number of fused-ring (bicyclic) bond motifs is 1. The van der Waals surface area contributed by atoms with Crippen LogP contribution in [0.1, 0.15) is 6.92 Å². The Morgan fingerprint density at radius 2 is 2.16 bits per heavy atom. The fourth-order valence-electron chi connectivity index (χ4n) is 1.28. The van der Waals surface area contributed by atoms with Crippen molar-refractivity contribution in [1.82, 2.24) is 9.97 Å². The molecule has 3 aromatic rings. The molecule has 1 N–H and O–H groups in total. The van der Waals surface area contributed by atoms with Gasteiger partial charge in [-0.05, 0) is 24.4 Å². The van der Waals surface area contributed by atoms with Crippen molar-refractivity contribution in [3.63, 3.8) is 0 Å². The molecule has 19 heavy (non-hydrogen) atoms. The third kappa shape index (κ3) is 6.07. The summed E-state index contributed by atoms with van der Waals surface area (Å²) in [6.07, 6.45) is 8.00. The first-order chi connectivity index (χ1) is 9.38. The van der Waals surface area contributed by atoms with E-state index in [0.717, 1.165) is 0 Å². The normalized spacial score (nSPS) is 9.37. The van der Waals surface area contributed by atoms with Crippen LogP contribution in [0.4, 0.5) is 0 Å². The highest BCUT2D eigenvalue weighted by atomic mass is 16.6. The molecule has 2 heterocycles. The summed E-state index contributed by atoms with van der Waals surface area (Å²) in [7, 11) is 1.51. The predicted octanol–water partition coefficient (Wildman–Crippen LogP) is 3.48. The van der Waals surface area contributed by atoms with Crippen LogP contribution in [-0.2, 0) is 4.84 Å². The molecule has 0 saturated heterocycles. The average molecular weight is 259 g/mol. The molecule has 0 saturated carbocycles. The summed E-state index contributed by atoms with van der Waals surface area (Å²) < 4.78 is 4.47. The quantitative estimate of drug-likeness (QED) is 0.537. The van der Waals surface area contributed by atoms with E-state index in [1.54, 1.807) is 19.3 Å². The fraction of sp³-hybridized carbons (Fsp3) is 0.143. The molecule has 1 aromatic carbocycles. The minimum Gasteiger partial charge on any atom is -0.452 e. The van der Waals surface area contributed by atoms with Crippen molar-refractivity contribution in [1.29, 1.82) is 0 Å². The molecule has 0 atom stereocenters. The Morgan fingerprint density at radius 1 is 1.32 bits per heavy atom. The number of benzene rings is 1. The van der Waals surface area contributed by atoms with E-state index in [-0.39, 0.29) is 0 Å². The zero-order valence-electron chi connectivity index (χ0n) is 11.0. The van der Waals surface area contributed by atoms with E-state index in [4.69, 9.17) is 0 Å². The first-order valence-corrected chi connectivity index (χ1v) is 5.74. The Balaban J connectivity index is 0.000000156. The average Bonchev–Trinajstić information content (AvgIpc) is 3.15. The summed E-state index contributed by atoms with van der Waals surface area (Å²) >= 11 is 0. The van der Waals surface area contributed by atoms with Gasteiger partial charge < -0.3 is 14.2 Å². The zero-order valence-corrected chi connectivity index (χ0v) is 11.0. The number of para-hydroxylation sites is 1. The summed E-state index contributed by atoms with van der Waals surface area (Å²) in [5.41, 5.74) is 1.21. The first-order valence-electron chi connectivity index (χ1n) is 5.74. The monoisotopic (exact) mass is 259 g/mol. The van der Waals surface area contributed by atoms with Crippen LogP contribution in [0.2, 0.25) is 0 Å². The smallest absolute Gasteiger partial charge is 0.180 e. The van der Waals surface area contributed by atoms with Crippen LogP contribution in [0.15, 0.2) is 65.0 Å². The van der Waals surface area contributed by atoms with Gasteiger partial charge in [-0.1, -0.05) is 18.2 Å². The van der Waals surface area contributed by atoms with E-state index < -0.39 is 0 Å². The third-order valence-electron chi connectivity index (χ3n) is 2.02. The van der Waals surface area contributed by atoms with Gasteiger partial charge in [0.1, 0.15) is 13.4 Å². The topological polar surface area (TPSA) is 63.4 Å². The number of oxime groups is 1. The molecule has 5 heteroatoms. The third-order valence-corrected chi connectivity index (χ3v) is 2.02. The second kappa shape index (κ2) is 9.47. The number of hydrogen-bond acceptors (Lipinski definition) is 4. The number of nitrogens with one attached hydrogen (secondary N) is 1. The lowest BCUT2D eigenvalue weighted by Gasteiger charge is -1.83. The molecule has 0 bridgehead atoms. The number of H-pyrrole nitrogens is 1. The predicted molar refractivity (Wildman–Crippen MR) is 76.0 cm³/mol. The minimum absolute atomic E-state index is 1.21. The van der Waals surface area contributed by atoms with Gasteiger partial charge in [0.2, 0.25) is 0 Å². The summed E-state index contributed by atoms with van der Waals surface area (Å²) in [6, 6.07) is 10.3. The highest BCUT2D eigenvalue weighted by Gasteiger charge is 1.86. The van der Waals surface area contributed by atoms with Crippen LogP contribution in [-0.4, -0.2) is 23.3 Å². The van der Waals surface area contributed by atoms with E-state index in [1.165, 1.54) is 30.7 Å². The van der Waals surface area contributed by atoms with Crippen LogP contribution in [0.25, 0.3) is 10.9 Å². The van der Waals surface area contributed by atoms with Crippen molar-refractivity contribution in [2.24, 2.45) is 5.16 Å². The Hall–Kier alpha value is -2.56. The van der Waals surface area contributed by atoms with Gasteiger partial charge >= 0.3 is 0 Å². The minimum atomic E-state index is 1.21. The van der Waals surface area contributed by atoms with Crippen molar-refractivity contribution in [3.8, 4) is 0 Å². The Morgan fingerprint density at radius 3 is 2.63 bits per heavy atom. The number of nitrogens with zero attached hydrogens (tertiary/aromatic N) is 2. The first kappa shape index (κ1) is 14.5. The Bertz CT molecular complexity index is 511. The number of aromatic amines is 1. The van der Waals surface area contributed by atoms with Crippen LogP contribution in [0.5, 0.6) is 0 Å². The highest BCUT2D eigenvalue weighted by Crippen LogP contribution is 2.09. The summed E-state index contributed by atoms with van der Waals surface area (Å²) in [5, 5.41) is 4.62. The fourth-order valence-corrected chi connectivity index (χ4v) is 1.28. The molecule has 0 fully saturated rings.